The zero-order valence-corrected chi connectivity index (χ0v) is 14.1. The number of aromatic nitrogens is 1. The van der Waals surface area contributed by atoms with Crippen molar-refractivity contribution in [1.29, 1.82) is 0 Å². The van der Waals surface area contributed by atoms with Crippen molar-refractivity contribution in [2.45, 2.75) is 70.8 Å². The number of thiazole rings is 1. The third-order valence-corrected chi connectivity index (χ3v) is 8.03. The van der Waals surface area contributed by atoms with Crippen LogP contribution in [0.3, 0.4) is 0 Å². The molecule has 2 unspecified atom stereocenters. The summed E-state index contributed by atoms with van der Waals surface area (Å²) in [5.74, 6) is 0.968. The Morgan fingerprint density at radius 1 is 1.10 bits per heavy atom. The minimum Gasteiger partial charge on any atom is -0.311 e. The van der Waals surface area contributed by atoms with Crippen molar-refractivity contribution >= 4 is 11.3 Å². The minimum absolute atomic E-state index is 0.435. The first-order valence-corrected chi connectivity index (χ1v) is 9.49. The van der Waals surface area contributed by atoms with Crippen LogP contribution < -0.4 is 5.32 Å². The average molecular weight is 302 g/mol. The van der Waals surface area contributed by atoms with Crippen LogP contribution in [0, 0.1) is 16.7 Å². The number of hydrogen-bond donors (Lipinski definition) is 1. The molecule has 114 valence electrons. The molecule has 0 amide bonds. The normalized spacial score (nSPS) is 47.6. The molecule has 6 rings (SSSR count). The molecule has 21 heavy (non-hydrogen) atoms. The number of hydrogen-bond acceptors (Lipinski definition) is 3. The van der Waals surface area contributed by atoms with E-state index >= 15 is 0 Å². The molecule has 4 aliphatic carbocycles. The van der Waals surface area contributed by atoms with Crippen molar-refractivity contribution in [2.75, 3.05) is 6.54 Å². The molecule has 1 aliphatic heterocycles. The van der Waals surface area contributed by atoms with E-state index in [2.05, 4.69) is 19.2 Å². The smallest absolute Gasteiger partial charge is 0.0993 e. The van der Waals surface area contributed by atoms with Gasteiger partial charge in [0.2, 0.25) is 0 Å². The maximum atomic E-state index is 5.18. The fraction of sp³-hybridized carbons (Fsp3) is 0.833. The Kier molecular flexibility index (Phi) is 2.44. The van der Waals surface area contributed by atoms with Gasteiger partial charge in [-0.1, -0.05) is 13.8 Å². The summed E-state index contributed by atoms with van der Waals surface area (Å²) in [5.41, 5.74) is 3.04. The van der Waals surface area contributed by atoms with Gasteiger partial charge < -0.3 is 5.32 Å². The summed E-state index contributed by atoms with van der Waals surface area (Å²) >= 11 is 2.05. The maximum absolute atomic E-state index is 5.18. The lowest BCUT2D eigenvalue weighted by atomic mass is 9.40. The van der Waals surface area contributed by atoms with Gasteiger partial charge in [-0.3, -0.25) is 0 Å². The zero-order chi connectivity index (χ0) is 14.3. The summed E-state index contributed by atoms with van der Waals surface area (Å²) in [6, 6.07) is 0. The predicted molar refractivity (Wildman–Crippen MR) is 86.6 cm³/mol. The van der Waals surface area contributed by atoms with Crippen molar-refractivity contribution in [2.24, 2.45) is 16.7 Å². The van der Waals surface area contributed by atoms with Gasteiger partial charge >= 0.3 is 0 Å². The minimum atomic E-state index is 0.435. The highest BCUT2D eigenvalue weighted by molar-refractivity contribution is 7.11. The zero-order valence-electron chi connectivity index (χ0n) is 13.3. The Morgan fingerprint density at radius 2 is 1.86 bits per heavy atom. The van der Waals surface area contributed by atoms with E-state index in [4.69, 9.17) is 4.98 Å². The molecule has 4 fully saturated rings. The predicted octanol–water partition coefficient (Wildman–Crippen LogP) is 4.04. The number of fused-ring (bicyclic) bond motifs is 1. The molecule has 5 aliphatic rings. The molecule has 0 aromatic carbocycles. The van der Waals surface area contributed by atoms with Gasteiger partial charge in [-0.2, -0.15) is 0 Å². The molecule has 0 saturated heterocycles. The maximum Gasteiger partial charge on any atom is 0.0993 e. The Bertz CT molecular complexity index is 563. The van der Waals surface area contributed by atoms with Gasteiger partial charge in [-0.05, 0) is 55.3 Å². The molecule has 2 atom stereocenters. The van der Waals surface area contributed by atoms with Gasteiger partial charge in [0.15, 0.2) is 0 Å². The fourth-order valence-electron chi connectivity index (χ4n) is 7.04. The van der Waals surface area contributed by atoms with Crippen LogP contribution in [0.15, 0.2) is 0 Å². The summed E-state index contributed by atoms with van der Waals surface area (Å²) in [4.78, 5) is 6.71. The Labute approximate surface area is 131 Å². The highest BCUT2D eigenvalue weighted by Crippen LogP contribution is 2.70. The molecular weight excluding hydrogens is 276 g/mol. The lowest BCUT2D eigenvalue weighted by molar-refractivity contribution is -0.110. The third kappa shape index (κ3) is 1.83. The second kappa shape index (κ2) is 3.91. The molecule has 2 heterocycles. The van der Waals surface area contributed by atoms with Crippen molar-refractivity contribution in [3.8, 4) is 0 Å². The van der Waals surface area contributed by atoms with Crippen molar-refractivity contribution in [3.63, 3.8) is 0 Å². The van der Waals surface area contributed by atoms with E-state index in [9.17, 15) is 0 Å². The van der Waals surface area contributed by atoms with Crippen molar-refractivity contribution < 1.29 is 0 Å². The van der Waals surface area contributed by atoms with Gasteiger partial charge in [0.1, 0.15) is 0 Å². The van der Waals surface area contributed by atoms with Crippen LogP contribution in [0.4, 0.5) is 0 Å². The number of rotatable bonds is 1. The largest absolute Gasteiger partial charge is 0.311 e. The quantitative estimate of drug-likeness (QED) is 0.847. The topological polar surface area (TPSA) is 24.9 Å². The van der Waals surface area contributed by atoms with E-state index in [1.54, 1.807) is 0 Å². The van der Waals surface area contributed by atoms with Crippen LogP contribution in [0.2, 0.25) is 0 Å². The molecular formula is C18H26N2S. The first-order valence-electron chi connectivity index (χ1n) is 8.68. The van der Waals surface area contributed by atoms with E-state index in [1.165, 1.54) is 54.1 Å². The Hall–Kier alpha value is -0.410. The second-order valence-corrected chi connectivity index (χ2v) is 10.3. The number of nitrogens with one attached hydrogen (secondary N) is 1. The summed E-state index contributed by atoms with van der Waals surface area (Å²) in [6.07, 6.45) is 9.81. The molecule has 1 aromatic heterocycles. The van der Waals surface area contributed by atoms with Gasteiger partial charge in [0, 0.05) is 29.8 Å². The van der Waals surface area contributed by atoms with E-state index < -0.39 is 0 Å². The van der Waals surface area contributed by atoms with E-state index in [0.29, 0.717) is 16.2 Å². The summed E-state index contributed by atoms with van der Waals surface area (Å²) in [6.45, 7) is 7.31. The Morgan fingerprint density at radius 3 is 2.52 bits per heavy atom. The molecule has 1 aromatic rings. The molecule has 0 radical (unpaired) electrons. The standard InChI is InChI=1S/C18H26N2S/c1-16-5-12-6-17(2,9-16)11-18(7-12,10-16)15-20-13-3-4-19-8-14(13)21-15/h12,19H,3-11H2,1-2H3. The highest BCUT2D eigenvalue weighted by atomic mass is 32.1. The fourth-order valence-corrected chi connectivity index (χ4v) is 8.31. The molecule has 4 bridgehead atoms. The van der Waals surface area contributed by atoms with Crippen LogP contribution >= 0.6 is 11.3 Å². The summed E-state index contributed by atoms with van der Waals surface area (Å²) in [5, 5.41) is 5.03. The van der Waals surface area contributed by atoms with Gasteiger partial charge in [0.25, 0.3) is 0 Å². The SMILES string of the molecule is CC12CC3CC(C)(C1)CC(c1nc4c(s1)CNCC4)(C3)C2. The number of nitrogens with zero attached hydrogens (tertiary/aromatic N) is 1. The average Bonchev–Trinajstić information content (AvgIpc) is 2.78. The molecule has 0 spiro atoms. The van der Waals surface area contributed by atoms with Gasteiger partial charge in [-0.15, -0.1) is 11.3 Å². The third-order valence-electron chi connectivity index (χ3n) is 6.68. The molecule has 3 heteroatoms. The van der Waals surface area contributed by atoms with E-state index in [1.807, 2.05) is 11.3 Å². The van der Waals surface area contributed by atoms with Gasteiger partial charge in [-0.25, -0.2) is 4.98 Å². The lowest BCUT2D eigenvalue weighted by Crippen LogP contribution is -2.56. The van der Waals surface area contributed by atoms with Crippen LogP contribution in [-0.4, -0.2) is 11.5 Å². The van der Waals surface area contributed by atoms with Crippen LogP contribution in [0.25, 0.3) is 0 Å². The highest BCUT2D eigenvalue weighted by Gasteiger charge is 2.61. The lowest BCUT2D eigenvalue weighted by Gasteiger charge is -2.64. The molecule has 1 N–H and O–H groups in total. The van der Waals surface area contributed by atoms with E-state index in [0.717, 1.165) is 25.4 Å². The molecule has 4 saturated carbocycles. The van der Waals surface area contributed by atoms with Gasteiger partial charge in [0.05, 0.1) is 10.7 Å². The first-order chi connectivity index (χ1) is 9.98. The molecule has 2 nitrogen and oxygen atoms in total. The monoisotopic (exact) mass is 302 g/mol. The summed E-state index contributed by atoms with van der Waals surface area (Å²) in [7, 11) is 0. The Balaban J connectivity index is 1.60. The second-order valence-electron chi connectivity index (χ2n) is 9.23. The van der Waals surface area contributed by atoms with Crippen molar-refractivity contribution in [1.82, 2.24) is 10.3 Å². The van der Waals surface area contributed by atoms with Crippen molar-refractivity contribution in [3.05, 3.63) is 15.6 Å². The van der Waals surface area contributed by atoms with Crippen LogP contribution in [-0.2, 0) is 18.4 Å². The van der Waals surface area contributed by atoms with E-state index in [-0.39, 0.29) is 0 Å². The van der Waals surface area contributed by atoms with Crippen LogP contribution in [0.5, 0.6) is 0 Å². The first kappa shape index (κ1) is 13.1. The van der Waals surface area contributed by atoms with Crippen LogP contribution in [0.1, 0.15) is 68.0 Å². The summed E-state index contributed by atoms with van der Waals surface area (Å²) < 4.78 is 0.